The first-order chi connectivity index (χ1) is 50.1. The lowest BCUT2D eigenvalue weighted by molar-refractivity contribution is 0.569. The molecule has 0 aliphatic carbocycles. The first-order valence-electron chi connectivity index (χ1n) is 38.6. The van der Waals surface area contributed by atoms with Crippen LogP contribution in [0.3, 0.4) is 0 Å². The summed E-state index contributed by atoms with van der Waals surface area (Å²) in [5.41, 5.74) is 18.4. The fourth-order valence-electron chi connectivity index (χ4n) is 14.1. The Bertz CT molecular complexity index is 5940. The highest BCUT2D eigenvalue weighted by molar-refractivity contribution is 7.00. The smallest absolute Gasteiger partial charge is 0.252 e. The lowest BCUT2D eigenvalue weighted by Crippen LogP contribution is -2.61. The van der Waals surface area contributed by atoms with Crippen molar-refractivity contribution in [1.29, 1.82) is 0 Å². The molecule has 0 saturated carbocycles. The summed E-state index contributed by atoms with van der Waals surface area (Å²) in [5.74, 6) is 0. The highest BCUT2D eigenvalue weighted by Gasteiger charge is 2.46. The zero-order valence-corrected chi connectivity index (χ0v) is 54.6. The predicted octanol–water partition coefficient (Wildman–Crippen LogP) is 22.6. The molecule has 4 nitrogen and oxygen atoms in total. The number of benzene rings is 12. The summed E-state index contributed by atoms with van der Waals surface area (Å²) in [6.07, 6.45) is 0. The van der Waals surface area contributed by atoms with Crippen LogP contribution in [0, 0.1) is 0 Å². The molecule has 2 aliphatic rings. The quantitative estimate of drug-likeness (QED) is 0.149. The molecule has 0 amide bonds. The molecule has 0 fully saturated rings. The van der Waals surface area contributed by atoms with Crippen molar-refractivity contribution in [3.05, 3.63) is 277 Å². The Kier molecular flexibility index (Phi) is 10.3. The van der Waals surface area contributed by atoms with E-state index in [4.69, 9.17) is 14.0 Å². The van der Waals surface area contributed by atoms with Crippen molar-refractivity contribution in [2.75, 3.05) is 9.80 Å². The van der Waals surface area contributed by atoms with Gasteiger partial charge in [0.25, 0.3) is 6.71 Å². The van der Waals surface area contributed by atoms with Gasteiger partial charge < -0.3 is 18.8 Å². The summed E-state index contributed by atoms with van der Waals surface area (Å²) in [6.45, 7) is 26.4. The molecule has 0 bridgehead atoms. The van der Waals surface area contributed by atoms with E-state index in [-0.39, 0.29) is 67.0 Å². The van der Waals surface area contributed by atoms with Gasteiger partial charge in [0, 0.05) is 55.4 Å². The third kappa shape index (κ3) is 9.56. The maximum atomic E-state index is 9.53. The highest BCUT2D eigenvalue weighted by Crippen LogP contribution is 2.54. The number of furan rings is 1. The molecule has 0 radical (unpaired) electrons. The topological polar surface area (TPSA) is 24.6 Å². The molecule has 14 aromatic rings. The van der Waals surface area contributed by atoms with E-state index in [0.29, 0.717) is 33.3 Å². The summed E-state index contributed by atoms with van der Waals surface area (Å²) < 4.78 is 128. The fourth-order valence-corrected chi connectivity index (χ4v) is 14.1. The van der Waals surface area contributed by atoms with Gasteiger partial charge in [-0.3, -0.25) is 0 Å². The van der Waals surface area contributed by atoms with Gasteiger partial charge in [0.15, 0.2) is 11.2 Å². The number of fused-ring (bicyclic) bond motifs is 10. The average Bonchev–Trinajstić information content (AvgIpc) is 1.51. The predicted molar refractivity (Wildman–Crippen MR) is 399 cm³/mol. The molecule has 454 valence electrons. The first-order valence-corrected chi connectivity index (χ1v) is 32.1. The van der Waals surface area contributed by atoms with Crippen molar-refractivity contribution >= 4 is 101 Å². The molecule has 5 heteroatoms. The lowest BCUT2D eigenvalue weighted by Gasteiger charge is -2.46. The van der Waals surface area contributed by atoms with Crippen LogP contribution in [0.15, 0.2) is 259 Å². The van der Waals surface area contributed by atoms with Crippen LogP contribution in [0.25, 0.3) is 93.9 Å². The molecule has 0 atom stereocenters. The largest absolute Gasteiger partial charge is 0.452 e. The number of para-hydroxylation sites is 4. The third-order valence-electron chi connectivity index (χ3n) is 19.1. The van der Waals surface area contributed by atoms with E-state index in [1.54, 1.807) is 12.1 Å². The second-order valence-electron chi connectivity index (χ2n) is 29.2. The average molecular weight is 1220 g/mol. The monoisotopic (exact) mass is 1220 g/mol. The molecule has 2 aliphatic heterocycles. The van der Waals surface area contributed by atoms with Crippen LogP contribution in [-0.4, -0.2) is 11.3 Å². The molecule has 0 saturated heterocycles. The Labute approximate surface area is 566 Å². The molecule has 0 spiro atoms. The number of anilines is 6. The Morgan fingerprint density at radius 2 is 0.806 bits per heavy atom. The van der Waals surface area contributed by atoms with Gasteiger partial charge in [0.1, 0.15) is 0 Å². The highest BCUT2D eigenvalue weighted by atomic mass is 16.3. The summed E-state index contributed by atoms with van der Waals surface area (Å²) in [4.78, 5) is 4.70. The first kappa shape index (κ1) is 45.2. The van der Waals surface area contributed by atoms with Gasteiger partial charge in [0.2, 0.25) is 0 Å². The molecule has 4 heterocycles. The minimum absolute atomic E-state index is 0.0314. The van der Waals surface area contributed by atoms with Crippen LogP contribution < -0.4 is 26.2 Å². The van der Waals surface area contributed by atoms with E-state index in [2.05, 4.69) is 220 Å². The van der Waals surface area contributed by atoms with Gasteiger partial charge >= 0.3 is 0 Å². The molecule has 0 unspecified atom stereocenters. The van der Waals surface area contributed by atoms with Crippen molar-refractivity contribution in [2.24, 2.45) is 0 Å². The van der Waals surface area contributed by atoms with Crippen LogP contribution in [0.1, 0.15) is 123 Å². The van der Waals surface area contributed by atoms with E-state index in [9.17, 15) is 8.22 Å². The Morgan fingerprint density at radius 1 is 0.323 bits per heavy atom. The van der Waals surface area contributed by atoms with Crippen molar-refractivity contribution in [2.45, 2.75) is 105 Å². The Morgan fingerprint density at radius 3 is 1.38 bits per heavy atom. The number of hydrogen-bond donors (Lipinski definition) is 0. The molecule has 93 heavy (non-hydrogen) atoms. The Balaban J connectivity index is 1.08. The van der Waals surface area contributed by atoms with Gasteiger partial charge in [-0.15, -0.1) is 0 Å². The zero-order valence-electron chi connectivity index (χ0n) is 67.6. The van der Waals surface area contributed by atoms with E-state index in [1.165, 1.54) is 15.7 Å². The van der Waals surface area contributed by atoms with Crippen molar-refractivity contribution in [3.8, 4) is 50.2 Å². The summed E-state index contributed by atoms with van der Waals surface area (Å²) in [5, 5.41) is 1.12. The number of nitrogens with zero attached hydrogens (tertiary/aromatic N) is 3. The molecule has 16 rings (SSSR count). The lowest BCUT2D eigenvalue weighted by atomic mass is 9.33. The van der Waals surface area contributed by atoms with Gasteiger partial charge in [0.05, 0.1) is 45.9 Å². The molecular formula is C88H78BN3O. The third-order valence-corrected chi connectivity index (χ3v) is 19.1. The number of rotatable bonds is 7. The van der Waals surface area contributed by atoms with Crippen LogP contribution in [0.4, 0.5) is 34.1 Å². The Hall–Kier alpha value is -10.1. The second-order valence-corrected chi connectivity index (χ2v) is 29.2. The summed E-state index contributed by atoms with van der Waals surface area (Å²) in [7, 11) is 0. The minimum atomic E-state index is -0.550. The van der Waals surface area contributed by atoms with Crippen LogP contribution in [0.2, 0.25) is 0 Å². The molecule has 0 N–H and O–H groups in total. The van der Waals surface area contributed by atoms with Gasteiger partial charge in [-0.25, -0.2) is 0 Å². The maximum Gasteiger partial charge on any atom is 0.252 e. The van der Waals surface area contributed by atoms with Crippen LogP contribution >= 0.6 is 0 Å². The van der Waals surface area contributed by atoms with E-state index < -0.39 is 78.6 Å². The normalized spacial score (nSPS) is 15.3. The molecule has 12 aromatic carbocycles. The van der Waals surface area contributed by atoms with E-state index >= 15 is 0 Å². The zero-order chi connectivity index (χ0) is 75.3. The SMILES string of the molecule is [2H]c1c([2H])c([2H])c(-c2ccc3c(c2)N(c2cccc4c2oc2c(-n5c6c([2H])c([2H])c([2H])c([2H])c6c6c([2H])c([2H])c([2H])c([2H])c65)cccc24)c2cc(C(C)(C)C)cc4c2B3c2cc(-c3cc(C(C)(C)C)cc(C(C)(C)C)c3)ccc2N4c2c(-c3ccccc3)cc(C(C)(C)C)cc2-c2ccccc2)c([2H])c1[2H]. The maximum absolute atomic E-state index is 9.53. The van der Waals surface area contributed by atoms with Crippen LogP contribution in [0.5, 0.6) is 0 Å². The van der Waals surface area contributed by atoms with Gasteiger partial charge in [-0.2, -0.15) is 0 Å². The number of aromatic nitrogens is 1. The van der Waals surface area contributed by atoms with E-state index in [0.717, 1.165) is 83.6 Å². The second kappa shape index (κ2) is 21.2. The van der Waals surface area contributed by atoms with Crippen molar-refractivity contribution < 1.29 is 22.2 Å². The molecule has 2 aromatic heterocycles. The van der Waals surface area contributed by atoms with Gasteiger partial charge in [-0.05, 0) is 154 Å². The summed E-state index contributed by atoms with van der Waals surface area (Å²) in [6, 6.07) is 55.7. The van der Waals surface area contributed by atoms with Crippen molar-refractivity contribution in [3.63, 3.8) is 0 Å². The molecular weight excluding hydrogens is 1130 g/mol. The fraction of sp³-hybridized carbons (Fsp3) is 0.182. The van der Waals surface area contributed by atoms with E-state index in [1.807, 2.05) is 36.4 Å². The van der Waals surface area contributed by atoms with Crippen molar-refractivity contribution in [1.82, 2.24) is 4.57 Å². The standard InChI is InChI=1S/C88H78BN3O/c1-85(2,3)61-46-60(47-62(50-61)86(4,5)6)58-43-45-75-72(48-58)89-71-44-42-59(55-28-16-13-17-29-55)49-78(71)91(77-41-27-37-68-67-36-26-40-76(83(67)93-84(68)77)90-73-38-24-22-34-65(73)66-35-23-25-39-74(66)90)79-53-64(88(10,11)12)54-80(81(79)89)92(75)82-69(56-30-18-14-19-31-56)51-63(87(7,8)9)52-70(82)57-32-20-15-21-33-57/h13-54H,1-12H3/i13D,16D,17D,22D,23D,24D,25D,28D,29D,34D,35D,38D,39D. The van der Waals surface area contributed by atoms with Gasteiger partial charge in [-0.1, -0.05) is 277 Å². The number of hydrogen-bond acceptors (Lipinski definition) is 3. The van der Waals surface area contributed by atoms with Crippen LogP contribution in [-0.2, 0) is 21.7 Å². The summed E-state index contributed by atoms with van der Waals surface area (Å²) >= 11 is 0. The minimum Gasteiger partial charge on any atom is -0.452 e.